The molecule has 0 fully saturated rings. The molecule has 0 aliphatic rings. The molecule has 3 heteroatoms. The monoisotopic (exact) mass is 370 g/mol. The summed E-state index contributed by atoms with van der Waals surface area (Å²) in [5.74, 6) is -0.506. The predicted molar refractivity (Wildman–Crippen MR) is 117 cm³/mol. The number of hydrogen-bond donors (Lipinski definition) is 1. The number of fused-ring (bicyclic) bond motifs is 2. The van der Waals surface area contributed by atoms with Crippen LogP contribution in [0.25, 0.3) is 21.5 Å². The third-order valence-corrected chi connectivity index (χ3v) is 3.25. The molecule has 0 bridgehead atoms. The summed E-state index contributed by atoms with van der Waals surface area (Å²) in [6.07, 6.45) is 0.125. The van der Waals surface area contributed by atoms with E-state index in [4.69, 9.17) is 4.74 Å². The summed E-state index contributed by atoms with van der Waals surface area (Å²) in [7, 11) is 0. The van der Waals surface area contributed by atoms with Crippen molar-refractivity contribution in [3.8, 4) is 0 Å². The van der Waals surface area contributed by atoms with Crippen molar-refractivity contribution < 1.29 is 14.6 Å². The molecule has 0 spiro atoms. The van der Waals surface area contributed by atoms with Gasteiger partial charge in [-0.2, -0.15) is 0 Å². The van der Waals surface area contributed by atoms with Crippen molar-refractivity contribution in [1.82, 2.24) is 0 Å². The normalized spacial score (nSPS) is 10.4. The Hall–Kier alpha value is -2.39. The zero-order valence-corrected chi connectivity index (χ0v) is 17.7. The fourth-order valence-electron chi connectivity index (χ4n) is 2.45. The van der Waals surface area contributed by atoms with Crippen LogP contribution in [0.1, 0.15) is 65.2 Å². The van der Waals surface area contributed by atoms with Crippen molar-refractivity contribution in [3.05, 3.63) is 60.2 Å². The van der Waals surface area contributed by atoms with Gasteiger partial charge in [0.15, 0.2) is 6.29 Å². The first-order valence-corrected chi connectivity index (χ1v) is 9.88. The Kier molecular flexibility index (Phi) is 12.5. The highest BCUT2D eigenvalue weighted by molar-refractivity contribution is 6.16. The molecule has 1 unspecified atom stereocenters. The van der Waals surface area contributed by atoms with Gasteiger partial charge in [-0.05, 0) is 34.5 Å². The van der Waals surface area contributed by atoms with E-state index in [1.54, 1.807) is 0 Å². The first-order valence-electron chi connectivity index (χ1n) is 9.88. The minimum atomic E-state index is -1.12. The predicted octanol–water partition coefficient (Wildman–Crippen LogP) is 6.96. The van der Waals surface area contributed by atoms with Crippen LogP contribution in [0.5, 0.6) is 0 Å². The maximum Gasteiger partial charge on any atom is 0.341 e. The lowest BCUT2D eigenvalue weighted by atomic mass is 9.97. The van der Waals surface area contributed by atoms with Crippen LogP contribution >= 0.6 is 0 Å². The van der Waals surface area contributed by atoms with E-state index in [0.29, 0.717) is 5.56 Å². The molecule has 1 N–H and O–H groups in total. The molecule has 27 heavy (non-hydrogen) atoms. The van der Waals surface area contributed by atoms with Crippen LogP contribution in [0.3, 0.4) is 0 Å². The van der Waals surface area contributed by atoms with Crippen LogP contribution in [-0.2, 0) is 4.74 Å². The van der Waals surface area contributed by atoms with Crippen LogP contribution in [-0.4, -0.2) is 17.4 Å². The average molecular weight is 371 g/mol. The van der Waals surface area contributed by atoms with Crippen molar-refractivity contribution in [2.75, 3.05) is 0 Å². The van der Waals surface area contributed by atoms with E-state index in [1.807, 2.05) is 82.3 Å². The molecule has 0 aliphatic carbocycles. The highest BCUT2D eigenvalue weighted by atomic mass is 16.6. The van der Waals surface area contributed by atoms with Gasteiger partial charge in [-0.15, -0.1) is 0 Å². The van der Waals surface area contributed by atoms with E-state index in [9.17, 15) is 9.90 Å². The molecule has 3 aromatic carbocycles. The number of aliphatic hydroxyl groups excluding tert-OH is 1. The number of benzene rings is 3. The van der Waals surface area contributed by atoms with Crippen LogP contribution in [0, 0.1) is 0 Å². The number of carbonyl (C=O) groups excluding carboxylic acids is 1. The molecule has 0 saturated heterocycles. The zero-order valence-electron chi connectivity index (χ0n) is 17.7. The lowest BCUT2D eigenvalue weighted by Crippen LogP contribution is -2.14. The lowest BCUT2D eigenvalue weighted by molar-refractivity contribution is -0.0520. The van der Waals surface area contributed by atoms with E-state index in [2.05, 4.69) is 13.8 Å². The first-order chi connectivity index (χ1) is 13.1. The Labute approximate surface area is 164 Å². The Morgan fingerprint density at radius 3 is 1.63 bits per heavy atom. The molecule has 1 atom stereocenters. The van der Waals surface area contributed by atoms with E-state index >= 15 is 0 Å². The molecular weight excluding hydrogens is 336 g/mol. The number of esters is 1. The van der Waals surface area contributed by atoms with E-state index in [0.717, 1.165) is 21.5 Å². The summed E-state index contributed by atoms with van der Waals surface area (Å²) in [6.45, 7) is 13.7. The van der Waals surface area contributed by atoms with Gasteiger partial charge in [0, 0.05) is 0 Å². The molecule has 3 rings (SSSR count). The largest absolute Gasteiger partial charge is 0.433 e. The topological polar surface area (TPSA) is 46.5 Å². The second-order valence-electron chi connectivity index (χ2n) is 5.41. The molecule has 148 valence electrons. The van der Waals surface area contributed by atoms with E-state index in [1.165, 1.54) is 13.3 Å². The van der Waals surface area contributed by atoms with Gasteiger partial charge in [0.05, 0.1) is 5.56 Å². The SMILES string of the molecule is CC.CC.CC(O)OC(=O)c1c2ccccc2cc2ccccc12.CCC. The maximum atomic E-state index is 12.3. The molecule has 0 aliphatic heterocycles. The van der Waals surface area contributed by atoms with E-state index < -0.39 is 12.3 Å². The first kappa shape index (κ1) is 24.6. The van der Waals surface area contributed by atoms with Crippen molar-refractivity contribution in [3.63, 3.8) is 0 Å². The van der Waals surface area contributed by atoms with Gasteiger partial charge in [-0.25, -0.2) is 4.79 Å². The van der Waals surface area contributed by atoms with Gasteiger partial charge in [0.2, 0.25) is 0 Å². The molecule has 0 radical (unpaired) electrons. The fourth-order valence-corrected chi connectivity index (χ4v) is 2.45. The van der Waals surface area contributed by atoms with Crippen LogP contribution in [0.2, 0.25) is 0 Å². The second kappa shape index (κ2) is 13.8. The molecule has 0 saturated carbocycles. The summed E-state index contributed by atoms with van der Waals surface area (Å²) in [6, 6.07) is 17.4. The van der Waals surface area contributed by atoms with Gasteiger partial charge >= 0.3 is 5.97 Å². The minimum Gasteiger partial charge on any atom is -0.433 e. The highest BCUT2D eigenvalue weighted by Crippen LogP contribution is 2.29. The molecule has 0 heterocycles. The summed E-state index contributed by atoms with van der Waals surface area (Å²) >= 11 is 0. The average Bonchev–Trinajstić information content (AvgIpc) is 2.69. The maximum absolute atomic E-state index is 12.3. The summed E-state index contributed by atoms with van der Waals surface area (Å²) < 4.78 is 4.97. The van der Waals surface area contributed by atoms with Gasteiger partial charge < -0.3 is 9.84 Å². The number of rotatable bonds is 2. The Bertz CT molecular complexity index is 753. The number of hydrogen-bond acceptors (Lipinski definition) is 3. The smallest absolute Gasteiger partial charge is 0.341 e. The number of ether oxygens (including phenoxy) is 1. The Morgan fingerprint density at radius 1 is 0.889 bits per heavy atom. The van der Waals surface area contributed by atoms with Gasteiger partial charge in [-0.3, -0.25) is 0 Å². The van der Waals surface area contributed by atoms with Crippen molar-refractivity contribution >= 4 is 27.5 Å². The quantitative estimate of drug-likeness (QED) is 0.301. The highest BCUT2D eigenvalue weighted by Gasteiger charge is 2.17. The van der Waals surface area contributed by atoms with Crippen LogP contribution < -0.4 is 0 Å². The van der Waals surface area contributed by atoms with Crippen LogP contribution in [0.4, 0.5) is 0 Å². The Morgan fingerprint density at radius 2 is 1.26 bits per heavy atom. The number of carbonyl (C=O) groups is 1. The van der Waals surface area contributed by atoms with Gasteiger partial charge in [0.1, 0.15) is 0 Å². The standard InChI is InChI=1S/C17H14O3.C3H8.2C2H6/c1-11(18)20-17(19)16-14-8-4-2-6-12(14)10-13-7-3-5-9-15(13)16;1-3-2;2*1-2/h2-11,18H,1H3;3H2,1-2H3;2*1-2H3. The minimum absolute atomic E-state index is 0.500. The summed E-state index contributed by atoms with van der Waals surface area (Å²) in [5.41, 5.74) is 0.500. The fraction of sp³-hybridized carbons (Fsp3) is 0.375. The summed E-state index contributed by atoms with van der Waals surface area (Å²) in [5, 5.41) is 12.9. The third kappa shape index (κ3) is 7.03. The molecule has 0 amide bonds. The van der Waals surface area contributed by atoms with E-state index in [-0.39, 0.29) is 0 Å². The zero-order chi connectivity index (χ0) is 20.8. The van der Waals surface area contributed by atoms with Gasteiger partial charge in [0.25, 0.3) is 0 Å². The second-order valence-corrected chi connectivity index (χ2v) is 5.41. The molecule has 3 nitrogen and oxygen atoms in total. The van der Waals surface area contributed by atoms with Crippen molar-refractivity contribution in [2.45, 2.75) is 61.2 Å². The van der Waals surface area contributed by atoms with Crippen LogP contribution in [0.15, 0.2) is 54.6 Å². The molecule has 3 aromatic rings. The molecular formula is C24H34O3. The Balaban J connectivity index is 0.000000860. The number of aliphatic hydroxyl groups is 1. The molecule has 0 aromatic heterocycles. The third-order valence-electron chi connectivity index (χ3n) is 3.25. The van der Waals surface area contributed by atoms with Crippen molar-refractivity contribution in [1.29, 1.82) is 0 Å². The summed E-state index contributed by atoms with van der Waals surface area (Å²) in [4.78, 5) is 12.3. The van der Waals surface area contributed by atoms with Gasteiger partial charge in [-0.1, -0.05) is 96.5 Å². The van der Waals surface area contributed by atoms with Crippen molar-refractivity contribution in [2.24, 2.45) is 0 Å². The lowest BCUT2D eigenvalue weighted by Gasteiger charge is -2.12.